The van der Waals surface area contributed by atoms with Gasteiger partial charge in [-0.05, 0) is 61.2 Å². The van der Waals surface area contributed by atoms with Crippen molar-refractivity contribution in [3.8, 4) is 0 Å². The second-order valence-electron chi connectivity index (χ2n) is 9.72. The zero-order valence-corrected chi connectivity index (χ0v) is 19.4. The Morgan fingerprint density at radius 1 is 1.23 bits per heavy atom. The van der Waals surface area contributed by atoms with Crippen LogP contribution < -0.4 is 10.5 Å². The summed E-state index contributed by atoms with van der Waals surface area (Å²) in [4.78, 5) is 17.1. The first-order valence-electron chi connectivity index (χ1n) is 11.0. The van der Waals surface area contributed by atoms with Gasteiger partial charge in [0.25, 0.3) is 5.56 Å². The number of aliphatic hydroxyl groups is 1. The van der Waals surface area contributed by atoms with Gasteiger partial charge < -0.3 is 15.0 Å². The molecule has 0 saturated heterocycles. The van der Waals surface area contributed by atoms with Crippen molar-refractivity contribution in [3.05, 3.63) is 51.6 Å². The first-order chi connectivity index (χ1) is 14.6. The number of rotatable bonds is 8. The normalized spacial score (nSPS) is 14.3. The van der Waals surface area contributed by atoms with Gasteiger partial charge in [0.15, 0.2) is 6.04 Å². The van der Waals surface area contributed by atoms with Gasteiger partial charge in [-0.15, -0.1) is 5.10 Å². The van der Waals surface area contributed by atoms with Crippen LogP contribution in [-0.4, -0.2) is 43.4 Å². The molecular formula is C23H35N6O2+. The number of aromatic amines is 1. The maximum atomic E-state index is 12.9. The van der Waals surface area contributed by atoms with Gasteiger partial charge in [0, 0.05) is 24.5 Å². The average Bonchev–Trinajstić information content (AvgIpc) is 3.16. The third kappa shape index (κ3) is 5.19. The summed E-state index contributed by atoms with van der Waals surface area (Å²) in [5.74, 6) is 1.05. The highest BCUT2D eigenvalue weighted by atomic mass is 16.3. The van der Waals surface area contributed by atoms with Crippen LogP contribution >= 0.6 is 0 Å². The molecule has 31 heavy (non-hydrogen) atoms. The van der Waals surface area contributed by atoms with Gasteiger partial charge in [-0.25, -0.2) is 4.68 Å². The van der Waals surface area contributed by atoms with E-state index in [-0.39, 0.29) is 29.7 Å². The number of hydrogen-bond donors (Lipinski definition) is 3. The number of tetrazole rings is 1. The maximum Gasteiger partial charge on any atom is 0.257 e. The number of quaternary nitrogens is 1. The van der Waals surface area contributed by atoms with Crippen molar-refractivity contribution in [2.24, 2.45) is 5.92 Å². The van der Waals surface area contributed by atoms with E-state index >= 15 is 0 Å². The minimum Gasteiger partial charge on any atom is -0.396 e. The second-order valence-corrected chi connectivity index (χ2v) is 9.72. The van der Waals surface area contributed by atoms with Crippen LogP contribution in [-0.2, 0) is 12.1 Å². The summed E-state index contributed by atoms with van der Waals surface area (Å²) in [5, 5.41) is 23.1. The summed E-state index contributed by atoms with van der Waals surface area (Å²) in [6, 6.07) is 8.04. The molecule has 3 rings (SSSR count). The summed E-state index contributed by atoms with van der Waals surface area (Å²) < 4.78 is 1.88. The lowest BCUT2D eigenvalue weighted by Crippen LogP contribution is -3.12. The van der Waals surface area contributed by atoms with Crippen LogP contribution in [0.15, 0.2) is 29.1 Å². The van der Waals surface area contributed by atoms with Crippen LogP contribution in [0.2, 0.25) is 0 Å². The molecule has 8 nitrogen and oxygen atoms in total. The van der Waals surface area contributed by atoms with Crippen LogP contribution in [0.1, 0.15) is 64.0 Å². The molecule has 0 radical (unpaired) electrons. The van der Waals surface area contributed by atoms with Crippen LogP contribution in [0, 0.1) is 12.8 Å². The fourth-order valence-electron chi connectivity index (χ4n) is 4.21. The molecule has 8 heteroatoms. The Balaban J connectivity index is 2.03. The molecule has 3 aromatic rings. The van der Waals surface area contributed by atoms with Gasteiger partial charge in [-0.3, -0.25) is 4.79 Å². The Morgan fingerprint density at radius 3 is 2.61 bits per heavy atom. The number of fused-ring (bicyclic) bond motifs is 1. The predicted octanol–water partition coefficient (Wildman–Crippen LogP) is 1.74. The number of benzene rings is 1. The van der Waals surface area contributed by atoms with Gasteiger partial charge in [0.2, 0.25) is 5.82 Å². The fraction of sp³-hybridized carbons (Fsp3) is 0.565. The molecule has 0 aliphatic rings. The number of hydrogen-bond acceptors (Lipinski definition) is 5. The summed E-state index contributed by atoms with van der Waals surface area (Å²) in [6.07, 6.45) is 0.639. The van der Waals surface area contributed by atoms with Crippen LogP contribution in [0.5, 0.6) is 0 Å². The molecule has 0 aliphatic heterocycles. The van der Waals surface area contributed by atoms with E-state index in [0.29, 0.717) is 19.5 Å². The van der Waals surface area contributed by atoms with E-state index in [1.165, 1.54) is 4.90 Å². The highest BCUT2D eigenvalue weighted by Crippen LogP contribution is 2.22. The minimum atomic E-state index is -0.258. The zero-order valence-electron chi connectivity index (χ0n) is 19.4. The summed E-state index contributed by atoms with van der Waals surface area (Å²) in [6.45, 7) is 13.9. The lowest BCUT2D eigenvalue weighted by atomic mass is 9.98. The van der Waals surface area contributed by atoms with E-state index in [9.17, 15) is 9.90 Å². The highest BCUT2D eigenvalue weighted by molar-refractivity contribution is 5.79. The van der Waals surface area contributed by atoms with Gasteiger partial charge >= 0.3 is 0 Å². The van der Waals surface area contributed by atoms with Gasteiger partial charge in [0.05, 0.1) is 17.6 Å². The monoisotopic (exact) mass is 427 g/mol. The molecule has 0 saturated carbocycles. The third-order valence-electron chi connectivity index (χ3n) is 5.67. The topological polar surface area (TPSA) is 101 Å². The maximum absolute atomic E-state index is 12.9. The van der Waals surface area contributed by atoms with Crippen molar-refractivity contribution in [3.63, 3.8) is 0 Å². The smallest absolute Gasteiger partial charge is 0.257 e. The standard InChI is InChI=1S/C23H34N6O2/c1-15(2)20(21-25-26-27-29(21)23(4,5)6)28(10-7-11-30)14-18-13-17-9-8-16(3)12-19(17)24-22(18)31/h8-9,12-13,15,20,30H,7,10-11,14H2,1-6H3,(H,24,31)/p+1/t20-/m0/s1. The number of aryl methyl sites for hydroxylation is 1. The molecular weight excluding hydrogens is 392 g/mol. The van der Waals surface area contributed by atoms with Crippen molar-refractivity contribution < 1.29 is 10.0 Å². The van der Waals surface area contributed by atoms with E-state index in [0.717, 1.165) is 27.9 Å². The molecule has 0 aliphatic carbocycles. The molecule has 2 atom stereocenters. The van der Waals surface area contributed by atoms with E-state index in [2.05, 4.69) is 61.2 Å². The molecule has 0 spiro atoms. The third-order valence-corrected chi connectivity index (χ3v) is 5.67. The van der Waals surface area contributed by atoms with Crippen molar-refractivity contribution in [2.45, 2.75) is 66.1 Å². The van der Waals surface area contributed by atoms with Gasteiger partial charge in [-0.1, -0.05) is 26.0 Å². The van der Waals surface area contributed by atoms with Gasteiger partial charge in [0.1, 0.15) is 6.54 Å². The largest absolute Gasteiger partial charge is 0.396 e. The van der Waals surface area contributed by atoms with E-state index < -0.39 is 0 Å². The van der Waals surface area contributed by atoms with Crippen LogP contribution in [0.4, 0.5) is 0 Å². The second kappa shape index (κ2) is 9.28. The lowest BCUT2D eigenvalue weighted by Gasteiger charge is -2.32. The van der Waals surface area contributed by atoms with E-state index in [4.69, 9.17) is 0 Å². The van der Waals surface area contributed by atoms with Crippen LogP contribution in [0.25, 0.3) is 10.9 Å². The quantitative estimate of drug-likeness (QED) is 0.508. The summed E-state index contributed by atoms with van der Waals surface area (Å²) >= 11 is 0. The SMILES string of the molecule is Cc1ccc2cc(C[NH+](CCCO)[C@H](c3nnnn3C(C)(C)C)C(C)C)c(=O)[nH]c2c1. The fourth-order valence-corrected chi connectivity index (χ4v) is 4.21. The molecule has 1 aromatic carbocycles. The molecule has 0 amide bonds. The van der Waals surface area contributed by atoms with E-state index in [1.54, 1.807) is 0 Å². The number of pyridine rings is 1. The Labute approximate surface area is 183 Å². The minimum absolute atomic E-state index is 0.0195. The molecule has 2 heterocycles. The zero-order chi connectivity index (χ0) is 22.8. The molecule has 2 aromatic heterocycles. The van der Waals surface area contributed by atoms with Gasteiger partial charge in [-0.2, -0.15) is 0 Å². The highest BCUT2D eigenvalue weighted by Gasteiger charge is 2.35. The molecule has 1 unspecified atom stereocenters. The molecule has 168 valence electrons. The van der Waals surface area contributed by atoms with Crippen molar-refractivity contribution in [2.75, 3.05) is 13.2 Å². The molecule has 0 bridgehead atoms. The number of H-pyrrole nitrogens is 1. The summed E-state index contributed by atoms with van der Waals surface area (Å²) in [5.41, 5.74) is 2.36. The predicted molar refractivity (Wildman–Crippen MR) is 121 cm³/mol. The Hall–Kier alpha value is -2.58. The first kappa shape index (κ1) is 23.1. The Bertz CT molecular complexity index is 1080. The molecule has 3 N–H and O–H groups in total. The number of nitrogens with one attached hydrogen (secondary N) is 2. The lowest BCUT2D eigenvalue weighted by molar-refractivity contribution is -0.950. The Kier molecular flexibility index (Phi) is 6.91. The van der Waals surface area contributed by atoms with E-state index in [1.807, 2.05) is 29.8 Å². The first-order valence-corrected chi connectivity index (χ1v) is 11.0. The summed E-state index contributed by atoms with van der Waals surface area (Å²) in [7, 11) is 0. The van der Waals surface area contributed by atoms with Crippen molar-refractivity contribution in [1.29, 1.82) is 0 Å². The average molecular weight is 428 g/mol. The molecule has 0 fully saturated rings. The number of aromatic nitrogens is 5. The van der Waals surface area contributed by atoms with Crippen molar-refractivity contribution >= 4 is 10.9 Å². The number of aliphatic hydroxyl groups excluding tert-OH is 1. The Morgan fingerprint density at radius 2 is 1.97 bits per heavy atom. The number of nitrogens with zero attached hydrogens (tertiary/aromatic N) is 4. The van der Waals surface area contributed by atoms with Crippen molar-refractivity contribution in [1.82, 2.24) is 25.2 Å². The van der Waals surface area contributed by atoms with Crippen LogP contribution in [0.3, 0.4) is 0 Å².